The van der Waals surface area contributed by atoms with Crippen LogP contribution in [0.3, 0.4) is 0 Å². The average Bonchev–Trinajstić information content (AvgIpc) is 2.88. The zero-order valence-corrected chi connectivity index (χ0v) is 11.9. The van der Waals surface area contributed by atoms with Gasteiger partial charge in [0.1, 0.15) is 11.9 Å². The van der Waals surface area contributed by atoms with Crippen molar-refractivity contribution < 1.29 is 27.6 Å². The third kappa shape index (κ3) is 2.84. The van der Waals surface area contributed by atoms with Crippen molar-refractivity contribution in [3.8, 4) is 0 Å². The fourth-order valence-corrected chi connectivity index (χ4v) is 5.11. The van der Waals surface area contributed by atoms with Crippen molar-refractivity contribution in [3.05, 3.63) is 34.1 Å². The van der Waals surface area contributed by atoms with Gasteiger partial charge in [-0.3, -0.25) is 14.9 Å². The lowest BCUT2D eigenvalue weighted by atomic mass is 10.3. The van der Waals surface area contributed by atoms with Crippen molar-refractivity contribution in [2.45, 2.75) is 10.9 Å². The van der Waals surface area contributed by atoms with Gasteiger partial charge in [0, 0.05) is 5.75 Å². The number of rotatable bonds is 4. The van der Waals surface area contributed by atoms with Gasteiger partial charge in [-0.25, -0.2) is 12.8 Å². The van der Waals surface area contributed by atoms with E-state index < -0.39 is 43.4 Å². The van der Waals surface area contributed by atoms with Crippen LogP contribution < -0.4 is 0 Å². The molecule has 1 saturated heterocycles. The van der Waals surface area contributed by atoms with Crippen LogP contribution in [0.5, 0.6) is 0 Å². The van der Waals surface area contributed by atoms with E-state index in [2.05, 4.69) is 0 Å². The minimum absolute atomic E-state index is 0.0452. The second-order valence-electron chi connectivity index (χ2n) is 4.12. The van der Waals surface area contributed by atoms with Crippen molar-refractivity contribution in [1.82, 2.24) is 4.31 Å². The van der Waals surface area contributed by atoms with E-state index in [1.807, 2.05) is 0 Å². The van der Waals surface area contributed by atoms with Gasteiger partial charge in [0.15, 0.2) is 4.90 Å². The van der Waals surface area contributed by atoms with Crippen LogP contribution in [0.1, 0.15) is 0 Å². The summed E-state index contributed by atoms with van der Waals surface area (Å²) in [7, 11) is -4.40. The summed E-state index contributed by atoms with van der Waals surface area (Å²) in [6.07, 6.45) is 0. The molecule has 1 heterocycles. The summed E-state index contributed by atoms with van der Waals surface area (Å²) in [6.45, 7) is 0. The highest BCUT2D eigenvalue weighted by molar-refractivity contribution is 8.00. The Morgan fingerprint density at radius 2 is 2.19 bits per heavy atom. The normalized spacial score (nSPS) is 19.6. The summed E-state index contributed by atoms with van der Waals surface area (Å²) in [5, 5.41) is 19.9. The van der Waals surface area contributed by atoms with Gasteiger partial charge in [-0.1, -0.05) is 0 Å². The molecule has 0 amide bonds. The number of nitro benzene ring substituents is 1. The Bertz CT molecular complexity index is 707. The summed E-state index contributed by atoms with van der Waals surface area (Å²) in [6, 6.07) is 0.736. The molecule has 0 aliphatic carbocycles. The minimum atomic E-state index is -4.40. The molecule has 1 N–H and O–H groups in total. The first-order valence-electron chi connectivity index (χ1n) is 5.51. The van der Waals surface area contributed by atoms with E-state index in [-0.39, 0.29) is 11.6 Å². The molecule has 1 aliphatic heterocycles. The maximum Gasteiger partial charge on any atom is 0.322 e. The van der Waals surface area contributed by atoms with Crippen molar-refractivity contribution in [3.63, 3.8) is 0 Å². The Labute approximate surface area is 122 Å². The quantitative estimate of drug-likeness (QED) is 0.640. The Morgan fingerprint density at radius 3 is 2.76 bits per heavy atom. The van der Waals surface area contributed by atoms with Gasteiger partial charge in [0.2, 0.25) is 0 Å². The lowest BCUT2D eigenvalue weighted by Gasteiger charge is -2.19. The zero-order chi connectivity index (χ0) is 15.8. The number of carboxylic acid groups (broad SMARTS) is 1. The standard InChI is InChI=1S/C10H9FN2O6S2/c11-6-1-2-9(7(3-6)13(16)17)21(18,19)12-5-20-4-8(12)10(14)15/h1-3,8H,4-5H2,(H,14,15). The van der Waals surface area contributed by atoms with Gasteiger partial charge in [-0.15, -0.1) is 11.8 Å². The van der Waals surface area contributed by atoms with Crippen LogP contribution in [0, 0.1) is 15.9 Å². The molecule has 1 fully saturated rings. The molecule has 8 nitrogen and oxygen atoms in total. The van der Waals surface area contributed by atoms with Gasteiger partial charge in [0.25, 0.3) is 15.7 Å². The molecule has 0 bridgehead atoms. The Hall–Kier alpha value is -1.72. The molecular formula is C10H9FN2O6S2. The van der Waals surface area contributed by atoms with E-state index in [0.717, 1.165) is 23.9 Å². The molecule has 0 aromatic heterocycles. The Balaban J connectivity index is 2.54. The molecule has 1 aromatic carbocycles. The van der Waals surface area contributed by atoms with E-state index in [0.29, 0.717) is 10.4 Å². The molecular weight excluding hydrogens is 327 g/mol. The van der Waals surface area contributed by atoms with Gasteiger partial charge in [-0.2, -0.15) is 4.31 Å². The van der Waals surface area contributed by atoms with Crippen molar-refractivity contribution >= 4 is 33.4 Å². The molecule has 2 rings (SSSR count). The van der Waals surface area contributed by atoms with Crippen LogP contribution in [-0.4, -0.2) is 46.4 Å². The van der Waals surface area contributed by atoms with Crippen molar-refractivity contribution in [2.75, 3.05) is 11.6 Å². The smallest absolute Gasteiger partial charge is 0.322 e. The molecule has 0 radical (unpaired) electrons. The molecule has 1 unspecified atom stereocenters. The number of halogens is 1. The van der Waals surface area contributed by atoms with E-state index in [9.17, 15) is 27.7 Å². The zero-order valence-electron chi connectivity index (χ0n) is 10.3. The molecule has 1 aliphatic rings. The second-order valence-corrected chi connectivity index (χ2v) is 6.97. The second kappa shape index (κ2) is 5.58. The Morgan fingerprint density at radius 1 is 1.52 bits per heavy atom. The number of hydrogen-bond acceptors (Lipinski definition) is 6. The highest BCUT2D eigenvalue weighted by Gasteiger charge is 2.42. The SMILES string of the molecule is O=C(O)C1CSCN1S(=O)(=O)c1ccc(F)cc1[N+](=O)[O-]. The monoisotopic (exact) mass is 336 g/mol. The third-order valence-electron chi connectivity index (χ3n) is 2.83. The summed E-state index contributed by atoms with van der Waals surface area (Å²) in [4.78, 5) is 20.2. The minimum Gasteiger partial charge on any atom is -0.480 e. The van der Waals surface area contributed by atoms with Crippen LogP contribution in [0.4, 0.5) is 10.1 Å². The van der Waals surface area contributed by atoms with Gasteiger partial charge < -0.3 is 5.11 Å². The lowest BCUT2D eigenvalue weighted by molar-refractivity contribution is -0.388. The van der Waals surface area contributed by atoms with Crippen LogP contribution in [0.25, 0.3) is 0 Å². The number of nitrogens with zero attached hydrogens (tertiary/aromatic N) is 2. The fourth-order valence-electron chi connectivity index (χ4n) is 1.84. The fraction of sp³-hybridized carbons (Fsp3) is 0.300. The molecule has 114 valence electrons. The third-order valence-corrected chi connectivity index (χ3v) is 5.91. The summed E-state index contributed by atoms with van der Waals surface area (Å²) < 4.78 is 38.6. The number of sulfonamides is 1. The van der Waals surface area contributed by atoms with E-state index >= 15 is 0 Å². The number of carbonyl (C=O) groups is 1. The number of aliphatic carboxylic acids is 1. The predicted octanol–water partition coefficient (Wildman–Crippen LogP) is 0.882. The van der Waals surface area contributed by atoms with E-state index in [1.54, 1.807) is 0 Å². The topological polar surface area (TPSA) is 118 Å². The molecule has 21 heavy (non-hydrogen) atoms. The van der Waals surface area contributed by atoms with Crippen LogP contribution >= 0.6 is 11.8 Å². The maximum atomic E-state index is 13.1. The van der Waals surface area contributed by atoms with Gasteiger partial charge in [0.05, 0.1) is 16.9 Å². The first kappa shape index (κ1) is 15.7. The van der Waals surface area contributed by atoms with Crippen LogP contribution in [0.15, 0.2) is 23.1 Å². The van der Waals surface area contributed by atoms with Crippen molar-refractivity contribution in [2.24, 2.45) is 0 Å². The van der Waals surface area contributed by atoms with E-state index in [4.69, 9.17) is 5.11 Å². The first-order chi connectivity index (χ1) is 9.75. The number of nitro groups is 1. The predicted molar refractivity (Wildman–Crippen MR) is 70.8 cm³/mol. The Kier molecular flexibility index (Phi) is 4.16. The average molecular weight is 336 g/mol. The highest BCUT2D eigenvalue weighted by atomic mass is 32.2. The van der Waals surface area contributed by atoms with Crippen molar-refractivity contribution in [1.29, 1.82) is 0 Å². The number of carboxylic acids is 1. The summed E-state index contributed by atoms with van der Waals surface area (Å²) in [5.41, 5.74) is -0.920. The van der Waals surface area contributed by atoms with Gasteiger partial charge >= 0.3 is 5.97 Å². The van der Waals surface area contributed by atoms with Crippen LogP contribution in [-0.2, 0) is 14.8 Å². The largest absolute Gasteiger partial charge is 0.480 e. The number of benzene rings is 1. The van der Waals surface area contributed by atoms with Gasteiger partial charge in [-0.05, 0) is 12.1 Å². The lowest BCUT2D eigenvalue weighted by Crippen LogP contribution is -2.41. The number of thioether (sulfide) groups is 1. The molecule has 1 atom stereocenters. The molecule has 1 aromatic rings. The van der Waals surface area contributed by atoms with E-state index in [1.165, 1.54) is 0 Å². The maximum absolute atomic E-state index is 13.1. The summed E-state index contributed by atoms with van der Waals surface area (Å²) in [5.74, 6) is -2.38. The highest BCUT2D eigenvalue weighted by Crippen LogP contribution is 2.33. The first-order valence-corrected chi connectivity index (χ1v) is 8.11. The molecule has 11 heteroatoms. The molecule has 0 saturated carbocycles. The molecule has 0 spiro atoms. The van der Waals surface area contributed by atoms with Crippen LogP contribution in [0.2, 0.25) is 0 Å². The number of hydrogen-bond donors (Lipinski definition) is 1. The summed E-state index contributed by atoms with van der Waals surface area (Å²) >= 11 is 1.08.